The van der Waals surface area contributed by atoms with Crippen LogP contribution in [0.3, 0.4) is 0 Å². The first kappa shape index (κ1) is 20.4. The molecule has 30 heavy (non-hydrogen) atoms. The number of amides is 1. The Kier molecular flexibility index (Phi) is 5.48. The van der Waals surface area contributed by atoms with E-state index in [4.69, 9.17) is 4.52 Å². The van der Waals surface area contributed by atoms with Crippen molar-refractivity contribution in [1.29, 1.82) is 0 Å². The van der Waals surface area contributed by atoms with Gasteiger partial charge in [-0.05, 0) is 31.5 Å². The largest absolute Gasteiger partial charge is 0.360 e. The number of carbonyl (C=O) groups is 1. The van der Waals surface area contributed by atoms with Gasteiger partial charge in [0.05, 0.1) is 0 Å². The van der Waals surface area contributed by atoms with E-state index in [1.54, 1.807) is 24.8 Å². The minimum Gasteiger partial charge on any atom is -0.360 e. The zero-order valence-electron chi connectivity index (χ0n) is 17.0. The van der Waals surface area contributed by atoms with Gasteiger partial charge in [0, 0.05) is 38.9 Å². The van der Waals surface area contributed by atoms with E-state index in [-0.39, 0.29) is 29.7 Å². The lowest BCUT2D eigenvalue weighted by Gasteiger charge is -2.34. The van der Waals surface area contributed by atoms with Crippen LogP contribution in [0.1, 0.15) is 27.5 Å². The summed E-state index contributed by atoms with van der Waals surface area (Å²) >= 11 is 0. The Hall–Kier alpha value is -2.91. The fourth-order valence-electron chi connectivity index (χ4n) is 3.79. The number of aryl methyl sites for hydroxylation is 2. The molecule has 1 aliphatic rings. The van der Waals surface area contributed by atoms with Crippen molar-refractivity contribution in [2.75, 3.05) is 26.2 Å². The Bertz CT molecular complexity index is 1120. The fourth-order valence-corrected chi connectivity index (χ4v) is 5.51. The van der Waals surface area contributed by atoms with Crippen LogP contribution in [0.15, 0.2) is 58.1 Å². The average Bonchev–Trinajstić information content (AvgIpc) is 3.34. The highest BCUT2D eigenvalue weighted by molar-refractivity contribution is 7.89. The smallest absolute Gasteiger partial charge is 0.270 e. The van der Waals surface area contributed by atoms with Crippen LogP contribution in [0, 0.1) is 13.8 Å². The van der Waals surface area contributed by atoms with Crippen molar-refractivity contribution in [3.05, 3.63) is 71.4 Å². The Morgan fingerprint density at radius 3 is 2.37 bits per heavy atom. The summed E-state index contributed by atoms with van der Waals surface area (Å²) < 4.78 is 34.3. The molecule has 0 N–H and O–H groups in total. The fraction of sp³-hybridized carbons (Fsp3) is 0.333. The molecule has 1 amide bonds. The predicted octanol–water partition coefficient (Wildman–Crippen LogP) is 2.29. The highest BCUT2D eigenvalue weighted by Gasteiger charge is 2.34. The maximum Gasteiger partial charge on any atom is 0.270 e. The standard InChI is InChI=1S/C21H24N4O4S/c1-16-20(17(2)29-22-16)30(27,28)25-13-11-23(12-14-25)21(26)19-9-6-10-24(19)15-18-7-4-3-5-8-18/h3-10H,11-15H2,1-2H3. The van der Waals surface area contributed by atoms with Crippen LogP contribution in [0.25, 0.3) is 0 Å². The quantitative estimate of drug-likeness (QED) is 0.622. The third-order valence-electron chi connectivity index (χ3n) is 5.34. The number of nitrogens with zero attached hydrogens (tertiary/aromatic N) is 4. The van der Waals surface area contributed by atoms with Crippen LogP contribution in [-0.2, 0) is 16.6 Å². The van der Waals surface area contributed by atoms with Crippen molar-refractivity contribution >= 4 is 15.9 Å². The van der Waals surface area contributed by atoms with Crippen LogP contribution in [0.4, 0.5) is 0 Å². The van der Waals surface area contributed by atoms with Crippen molar-refractivity contribution < 1.29 is 17.7 Å². The van der Waals surface area contributed by atoms with Gasteiger partial charge in [-0.3, -0.25) is 4.79 Å². The number of aromatic nitrogens is 2. The van der Waals surface area contributed by atoms with Crippen LogP contribution in [0.2, 0.25) is 0 Å². The van der Waals surface area contributed by atoms with Crippen molar-refractivity contribution in [3.8, 4) is 0 Å². The van der Waals surface area contributed by atoms with Gasteiger partial charge in [-0.2, -0.15) is 4.31 Å². The van der Waals surface area contributed by atoms with Gasteiger partial charge in [-0.25, -0.2) is 8.42 Å². The van der Waals surface area contributed by atoms with E-state index >= 15 is 0 Å². The molecule has 3 aromatic rings. The molecule has 0 aliphatic carbocycles. The van der Waals surface area contributed by atoms with Crippen LogP contribution in [-0.4, -0.2) is 59.4 Å². The number of rotatable bonds is 5. The second-order valence-electron chi connectivity index (χ2n) is 7.36. The van der Waals surface area contributed by atoms with Gasteiger partial charge in [0.2, 0.25) is 10.0 Å². The lowest BCUT2D eigenvalue weighted by Crippen LogP contribution is -2.50. The monoisotopic (exact) mass is 428 g/mol. The molecule has 1 saturated heterocycles. The highest BCUT2D eigenvalue weighted by Crippen LogP contribution is 2.24. The Morgan fingerprint density at radius 2 is 1.73 bits per heavy atom. The third-order valence-corrected chi connectivity index (χ3v) is 7.48. The summed E-state index contributed by atoms with van der Waals surface area (Å²) in [6.45, 7) is 4.94. The van der Waals surface area contributed by atoms with E-state index in [0.717, 1.165) is 5.56 Å². The summed E-state index contributed by atoms with van der Waals surface area (Å²) in [6.07, 6.45) is 1.89. The third kappa shape index (κ3) is 3.78. The molecule has 158 valence electrons. The van der Waals surface area contributed by atoms with Gasteiger partial charge in [0.1, 0.15) is 16.3 Å². The molecular formula is C21H24N4O4S. The molecular weight excluding hydrogens is 404 g/mol. The number of hydrogen-bond donors (Lipinski definition) is 0. The molecule has 2 aromatic heterocycles. The molecule has 0 saturated carbocycles. The second kappa shape index (κ2) is 8.08. The van der Waals surface area contributed by atoms with Gasteiger partial charge >= 0.3 is 0 Å². The SMILES string of the molecule is Cc1noc(C)c1S(=O)(=O)N1CCN(C(=O)c2cccn2Cc2ccccc2)CC1. The minimum absolute atomic E-state index is 0.0923. The first-order chi connectivity index (χ1) is 14.4. The van der Waals surface area contributed by atoms with E-state index in [1.807, 2.05) is 47.2 Å². The maximum absolute atomic E-state index is 13.1. The first-order valence-electron chi connectivity index (χ1n) is 9.79. The molecule has 9 heteroatoms. The summed E-state index contributed by atoms with van der Waals surface area (Å²) in [5, 5.41) is 3.75. The Morgan fingerprint density at radius 1 is 1.03 bits per heavy atom. The summed E-state index contributed by atoms with van der Waals surface area (Å²) in [7, 11) is -3.70. The Balaban J connectivity index is 1.45. The Labute approximate surface area is 175 Å². The van der Waals surface area contributed by atoms with Gasteiger partial charge in [-0.1, -0.05) is 35.5 Å². The number of carbonyl (C=O) groups excluding carboxylic acids is 1. The van der Waals surface area contributed by atoms with E-state index in [0.29, 0.717) is 31.0 Å². The van der Waals surface area contributed by atoms with Crippen molar-refractivity contribution in [2.24, 2.45) is 0 Å². The van der Waals surface area contributed by atoms with Crippen molar-refractivity contribution in [2.45, 2.75) is 25.3 Å². The highest BCUT2D eigenvalue weighted by atomic mass is 32.2. The van der Waals surface area contributed by atoms with Gasteiger partial charge in [0.15, 0.2) is 5.76 Å². The topological polar surface area (TPSA) is 88.7 Å². The summed E-state index contributed by atoms with van der Waals surface area (Å²) in [5.41, 5.74) is 2.06. The maximum atomic E-state index is 13.1. The van der Waals surface area contributed by atoms with Crippen molar-refractivity contribution in [1.82, 2.24) is 18.9 Å². The summed E-state index contributed by atoms with van der Waals surface area (Å²) in [4.78, 5) is 14.9. The lowest BCUT2D eigenvalue weighted by molar-refractivity contribution is 0.0687. The molecule has 1 fully saturated rings. The zero-order valence-corrected chi connectivity index (χ0v) is 17.8. The first-order valence-corrected chi connectivity index (χ1v) is 11.2. The van der Waals surface area contributed by atoms with Crippen molar-refractivity contribution in [3.63, 3.8) is 0 Å². The number of hydrogen-bond acceptors (Lipinski definition) is 5. The number of sulfonamides is 1. The van der Waals surface area contributed by atoms with Crippen LogP contribution in [0.5, 0.6) is 0 Å². The van der Waals surface area contributed by atoms with E-state index in [9.17, 15) is 13.2 Å². The van der Waals surface area contributed by atoms with Gasteiger partial charge in [0.25, 0.3) is 5.91 Å². The molecule has 0 atom stereocenters. The van der Waals surface area contributed by atoms with E-state index in [2.05, 4.69) is 5.16 Å². The molecule has 0 radical (unpaired) electrons. The average molecular weight is 429 g/mol. The zero-order chi connectivity index (χ0) is 21.3. The summed E-state index contributed by atoms with van der Waals surface area (Å²) in [5.74, 6) is 0.190. The molecule has 1 aromatic carbocycles. The minimum atomic E-state index is -3.70. The van der Waals surface area contributed by atoms with Crippen LogP contribution < -0.4 is 0 Å². The molecule has 4 rings (SSSR count). The van der Waals surface area contributed by atoms with Crippen LogP contribution >= 0.6 is 0 Å². The number of piperazine rings is 1. The predicted molar refractivity (Wildman–Crippen MR) is 111 cm³/mol. The lowest BCUT2D eigenvalue weighted by atomic mass is 10.2. The molecule has 0 spiro atoms. The molecule has 0 bridgehead atoms. The molecule has 1 aliphatic heterocycles. The van der Waals surface area contributed by atoms with Gasteiger partial charge in [-0.15, -0.1) is 0 Å². The second-order valence-corrected chi connectivity index (χ2v) is 9.23. The molecule has 0 unspecified atom stereocenters. The van der Waals surface area contributed by atoms with E-state index < -0.39 is 10.0 Å². The van der Waals surface area contributed by atoms with E-state index in [1.165, 1.54) is 4.31 Å². The molecule has 3 heterocycles. The summed E-state index contributed by atoms with van der Waals surface area (Å²) in [6, 6.07) is 13.6. The van der Waals surface area contributed by atoms with Gasteiger partial charge < -0.3 is 14.0 Å². The number of benzene rings is 1. The molecule has 8 nitrogen and oxygen atoms in total. The normalized spacial score (nSPS) is 15.5.